The Morgan fingerprint density at radius 3 is 3.06 bits per heavy atom. The summed E-state index contributed by atoms with van der Waals surface area (Å²) in [6, 6.07) is 1.83. The summed E-state index contributed by atoms with van der Waals surface area (Å²) in [4.78, 5) is 1.74. The zero-order chi connectivity index (χ0) is 11.4. The summed E-state index contributed by atoms with van der Waals surface area (Å²) in [6.45, 7) is 2.09. The van der Waals surface area contributed by atoms with E-state index >= 15 is 0 Å². The number of rotatable bonds is 4. The molecule has 2 heterocycles. The van der Waals surface area contributed by atoms with Gasteiger partial charge in [-0.3, -0.25) is 9.58 Å². The van der Waals surface area contributed by atoms with Crippen LogP contribution in [0.15, 0.2) is 18.5 Å². The van der Waals surface area contributed by atoms with Gasteiger partial charge in [0, 0.05) is 25.5 Å². The summed E-state index contributed by atoms with van der Waals surface area (Å²) in [5.74, 6) is 0. The molecule has 2 rings (SSSR count). The van der Waals surface area contributed by atoms with Crippen LogP contribution in [0.5, 0.6) is 0 Å². The van der Waals surface area contributed by atoms with Crippen LogP contribution < -0.4 is 0 Å². The summed E-state index contributed by atoms with van der Waals surface area (Å²) in [7, 11) is 0. The van der Waals surface area contributed by atoms with Crippen LogP contribution in [-0.4, -0.2) is 53.5 Å². The van der Waals surface area contributed by atoms with Crippen molar-refractivity contribution in [3.8, 4) is 0 Å². The van der Waals surface area contributed by atoms with Crippen molar-refractivity contribution in [2.75, 3.05) is 26.2 Å². The highest BCUT2D eigenvalue weighted by molar-refractivity contribution is 4.80. The minimum absolute atomic E-state index is 0.0487. The van der Waals surface area contributed by atoms with Gasteiger partial charge >= 0.3 is 0 Å². The smallest absolute Gasteiger partial charge is 0.251 e. The molecule has 0 amide bonds. The molecule has 1 aromatic rings. The van der Waals surface area contributed by atoms with Crippen molar-refractivity contribution in [3.63, 3.8) is 0 Å². The first kappa shape index (κ1) is 11.5. The fraction of sp³-hybridized carbons (Fsp3) is 0.700. The first-order chi connectivity index (χ1) is 7.74. The van der Waals surface area contributed by atoms with Gasteiger partial charge in [0.2, 0.25) is 0 Å². The molecule has 1 saturated heterocycles. The topological polar surface area (TPSA) is 30.3 Å². The molecule has 0 N–H and O–H groups in total. The van der Waals surface area contributed by atoms with E-state index in [0.29, 0.717) is 26.2 Å². The Hall–Kier alpha value is -1.01. The van der Waals surface area contributed by atoms with Crippen molar-refractivity contribution in [1.29, 1.82) is 0 Å². The number of ether oxygens (including phenoxy) is 1. The third kappa shape index (κ3) is 3.24. The van der Waals surface area contributed by atoms with Crippen molar-refractivity contribution in [2.45, 2.75) is 19.1 Å². The molecule has 1 aliphatic heterocycles. The molecule has 90 valence electrons. The predicted molar refractivity (Wildman–Crippen MR) is 54.4 cm³/mol. The van der Waals surface area contributed by atoms with E-state index in [1.807, 2.05) is 12.3 Å². The van der Waals surface area contributed by atoms with Crippen molar-refractivity contribution < 1.29 is 13.5 Å². The highest BCUT2D eigenvalue weighted by Gasteiger charge is 2.22. The third-order valence-corrected chi connectivity index (χ3v) is 2.57. The summed E-state index contributed by atoms with van der Waals surface area (Å²) in [5, 5.41) is 4.07. The van der Waals surface area contributed by atoms with Gasteiger partial charge < -0.3 is 4.74 Å². The van der Waals surface area contributed by atoms with Crippen LogP contribution in [0.4, 0.5) is 8.78 Å². The zero-order valence-electron chi connectivity index (χ0n) is 8.93. The van der Waals surface area contributed by atoms with Crippen LogP contribution in [0.2, 0.25) is 0 Å². The van der Waals surface area contributed by atoms with Crippen LogP contribution in [0.1, 0.15) is 0 Å². The van der Waals surface area contributed by atoms with Gasteiger partial charge in [-0.1, -0.05) is 0 Å². The molecule has 1 aliphatic rings. The maximum atomic E-state index is 12.2. The molecule has 0 unspecified atom stereocenters. The van der Waals surface area contributed by atoms with E-state index in [2.05, 4.69) is 5.10 Å². The first-order valence-corrected chi connectivity index (χ1v) is 5.33. The lowest BCUT2D eigenvalue weighted by molar-refractivity contribution is -0.0520. The summed E-state index contributed by atoms with van der Waals surface area (Å²) in [6.07, 6.45) is 1.21. The number of hydrogen-bond donors (Lipinski definition) is 0. The lowest BCUT2D eigenvalue weighted by Crippen LogP contribution is -2.45. The number of alkyl halides is 2. The van der Waals surface area contributed by atoms with Crippen molar-refractivity contribution in [1.82, 2.24) is 14.7 Å². The number of aromatic nitrogens is 2. The van der Waals surface area contributed by atoms with E-state index in [9.17, 15) is 8.78 Å². The molecule has 1 atom stereocenters. The zero-order valence-corrected chi connectivity index (χ0v) is 8.93. The van der Waals surface area contributed by atoms with Crippen LogP contribution in [0.25, 0.3) is 0 Å². The average Bonchev–Trinajstić information content (AvgIpc) is 2.70. The van der Waals surface area contributed by atoms with E-state index in [4.69, 9.17) is 4.74 Å². The highest BCUT2D eigenvalue weighted by atomic mass is 19.3. The van der Waals surface area contributed by atoms with Gasteiger partial charge in [0.15, 0.2) is 0 Å². The Kier molecular flexibility index (Phi) is 3.84. The molecule has 0 saturated carbocycles. The summed E-state index contributed by atoms with van der Waals surface area (Å²) < 4.78 is 31.7. The molecular weight excluding hydrogens is 216 g/mol. The average molecular weight is 231 g/mol. The van der Waals surface area contributed by atoms with Crippen LogP contribution in [0.3, 0.4) is 0 Å². The maximum Gasteiger partial charge on any atom is 0.251 e. The van der Waals surface area contributed by atoms with Crippen molar-refractivity contribution in [3.05, 3.63) is 18.5 Å². The number of nitrogens with zero attached hydrogens (tertiary/aromatic N) is 3. The van der Waals surface area contributed by atoms with E-state index in [0.717, 1.165) is 0 Å². The van der Waals surface area contributed by atoms with Gasteiger partial charge in [-0.05, 0) is 6.07 Å². The molecule has 1 fully saturated rings. The van der Waals surface area contributed by atoms with Crippen LogP contribution >= 0.6 is 0 Å². The fourth-order valence-electron chi connectivity index (χ4n) is 1.87. The molecule has 0 aliphatic carbocycles. The molecule has 16 heavy (non-hydrogen) atoms. The Balaban J connectivity index is 1.82. The van der Waals surface area contributed by atoms with E-state index in [1.54, 1.807) is 15.8 Å². The Bertz CT molecular complexity index is 305. The Morgan fingerprint density at radius 1 is 1.50 bits per heavy atom. The first-order valence-electron chi connectivity index (χ1n) is 5.33. The minimum atomic E-state index is -2.27. The van der Waals surface area contributed by atoms with Gasteiger partial charge in [0.05, 0.1) is 25.8 Å². The second-order valence-electron chi connectivity index (χ2n) is 3.87. The molecule has 0 radical (unpaired) electrons. The standard InChI is InChI=1S/C10H15F2N3O/c11-10(12)8-14-4-5-16-9(6-14)7-15-3-1-2-13-15/h1-3,9-10H,4-8H2/t9-/m0/s1. The SMILES string of the molecule is FC(F)CN1CCO[C@H](Cn2cccn2)C1. The molecule has 6 heteroatoms. The van der Waals surface area contributed by atoms with Crippen LogP contribution in [0, 0.1) is 0 Å². The summed E-state index contributed by atoms with van der Waals surface area (Å²) in [5.41, 5.74) is 0. The molecule has 4 nitrogen and oxygen atoms in total. The minimum Gasteiger partial charge on any atom is -0.374 e. The third-order valence-electron chi connectivity index (χ3n) is 2.57. The van der Waals surface area contributed by atoms with E-state index < -0.39 is 6.43 Å². The summed E-state index contributed by atoms with van der Waals surface area (Å²) >= 11 is 0. The normalized spacial score (nSPS) is 22.8. The van der Waals surface area contributed by atoms with Gasteiger partial charge in [-0.25, -0.2) is 8.78 Å². The van der Waals surface area contributed by atoms with Crippen molar-refractivity contribution in [2.24, 2.45) is 0 Å². The number of hydrogen-bond acceptors (Lipinski definition) is 3. The largest absolute Gasteiger partial charge is 0.374 e. The van der Waals surface area contributed by atoms with E-state index in [1.165, 1.54) is 0 Å². The molecule has 0 aromatic carbocycles. The van der Waals surface area contributed by atoms with Crippen molar-refractivity contribution >= 4 is 0 Å². The second-order valence-corrected chi connectivity index (χ2v) is 3.87. The molecule has 0 bridgehead atoms. The van der Waals surface area contributed by atoms with E-state index in [-0.39, 0.29) is 12.6 Å². The van der Waals surface area contributed by atoms with Gasteiger partial charge in [0.25, 0.3) is 6.43 Å². The fourth-order valence-corrected chi connectivity index (χ4v) is 1.87. The number of morpholine rings is 1. The van der Waals surface area contributed by atoms with Gasteiger partial charge in [-0.15, -0.1) is 0 Å². The molecule has 0 spiro atoms. The lowest BCUT2D eigenvalue weighted by atomic mass is 10.2. The molecule has 1 aromatic heterocycles. The van der Waals surface area contributed by atoms with Crippen LogP contribution in [-0.2, 0) is 11.3 Å². The lowest BCUT2D eigenvalue weighted by Gasteiger charge is -2.32. The Morgan fingerprint density at radius 2 is 2.38 bits per heavy atom. The van der Waals surface area contributed by atoms with Gasteiger partial charge in [0.1, 0.15) is 0 Å². The number of halogens is 2. The quantitative estimate of drug-likeness (QED) is 0.769. The Labute approximate surface area is 92.8 Å². The highest BCUT2D eigenvalue weighted by Crippen LogP contribution is 2.09. The molecular formula is C10H15F2N3O. The second kappa shape index (κ2) is 5.36. The monoisotopic (exact) mass is 231 g/mol. The van der Waals surface area contributed by atoms with Gasteiger partial charge in [-0.2, -0.15) is 5.10 Å². The maximum absolute atomic E-state index is 12.2. The predicted octanol–water partition coefficient (Wildman–Crippen LogP) is 0.849.